The van der Waals surface area contributed by atoms with Gasteiger partial charge in [0.1, 0.15) is 36.0 Å². The maximum absolute atomic E-state index is 12.1. The second-order valence-corrected chi connectivity index (χ2v) is 7.58. The van der Waals surface area contributed by atoms with Crippen molar-refractivity contribution in [1.29, 1.82) is 0 Å². The van der Waals surface area contributed by atoms with Gasteiger partial charge < -0.3 is 19.5 Å². The minimum Gasteiger partial charge on any atom is -0.497 e. The fourth-order valence-corrected chi connectivity index (χ4v) is 3.86. The number of nitrogens with one attached hydrogen (secondary N) is 1. The number of hydrogen-bond donors (Lipinski definition) is 1. The van der Waals surface area contributed by atoms with Crippen molar-refractivity contribution in [3.63, 3.8) is 0 Å². The number of aryl methyl sites for hydroxylation is 1. The van der Waals surface area contributed by atoms with Gasteiger partial charge in [0.2, 0.25) is 5.91 Å². The Morgan fingerprint density at radius 1 is 1.29 bits per heavy atom. The molecule has 0 saturated heterocycles. The molecule has 162 valence electrons. The average molecular weight is 443 g/mol. The molecular formula is C22H23ClN4O4. The van der Waals surface area contributed by atoms with Gasteiger partial charge in [0.15, 0.2) is 0 Å². The summed E-state index contributed by atoms with van der Waals surface area (Å²) in [6.07, 6.45) is 3.83. The Morgan fingerprint density at radius 2 is 2.16 bits per heavy atom. The number of hydrogen-bond acceptors (Lipinski definition) is 6. The lowest BCUT2D eigenvalue weighted by atomic mass is 9.99. The topological polar surface area (TPSA) is 87.5 Å². The van der Waals surface area contributed by atoms with Gasteiger partial charge >= 0.3 is 0 Å². The van der Waals surface area contributed by atoms with Crippen molar-refractivity contribution in [2.24, 2.45) is 0 Å². The molecule has 1 aromatic heterocycles. The van der Waals surface area contributed by atoms with Crippen LogP contribution in [0.4, 0.5) is 0 Å². The maximum atomic E-state index is 12.1. The molecule has 4 rings (SSSR count). The predicted molar refractivity (Wildman–Crippen MR) is 116 cm³/mol. The molecule has 3 aromatic rings. The number of amides is 1. The van der Waals surface area contributed by atoms with Crippen molar-refractivity contribution in [2.75, 3.05) is 20.8 Å². The van der Waals surface area contributed by atoms with Crippen LogP contribution in [0.1, 0.15) is 12.0 Å². The van der Waals surface area contributed by atoms with E-state index in [2.05, 4.69) is 15.4 Å². The zero-order valence-electron chi connectivity index (χ0n) is 17.3. The minimum atomic E-state index is -0.176. The Labute approximate surface area is 185 Å². The van der Waals surface area contributed by atoms with Crippen molar-refractivity contribution < 1.29 is 19.0 Å². The van der Waals surface area contributed by atoms with E-state index in [0.29, 0.717) is 36.7 Å². The summed E-state index contributed by atoms with van der Waals surface area (Å²) in [5, 5.41) is 7.43. The van der Waals surface area contributed by atoms with Crippen molar-refractivity contribution in [1.82, 2.24) is 20.1 Å². The number of fused-ring (bicyclic) bond motifs is 1. The molecule has 0 saturated carbocycles. The van der Waals surface area contributed by atoms with Crippen molar-refractivity contribution in [3.05, 3.63) is 53.6 Å². The minimum absolute atomic E-state index is 0.0667. The normalized spacial score (nSPS) is 14.6. The molecule has 0 aliphatic carbocycles. The number of benzene rings is 2. The molecular weight excluding hydrogens is 420 g/mol. The lowest BCUT2D eigenvalue weighted by Gasteiger charge is -2.13. The number of ether oxygens (including phenoxy) is 3. The van der Waals surface area contributed by atoms with Gasteiger partial charge in [-0.25, -0.2) is 4.98 Å². The highest BCUT2D eigenvalue weighted by molar-refractivity contribution is 6.32. The van der Waals surface area contributed by atoms with Crippen LogP contribution in [0.3, 0.4) is 0 Å². The van der Waals surface area contributed by atoms with Gasteiger partial charge in [-0.3, -0.25) is 9.48 Å². The first-order valence-corrected chi connectivity index (χ1v) is 10.3. The molecule has 1 aliphatic rings. The molecule has 9 heteroatoms. The Hall–Kier alpha value is -3.26. The molecule has 1 atom stereocenters. The number of aromatic nitrogens is 3. The number of methoxy groups -OCH3 is 2. The van der Waals surface area contributed by atoms with Gasteiger partial charge in [-0.2, -0.15) is 5.10 Å². The molecule has 0 fully saturated rings. The van der Waals surface area contributed by atoms with E-state index in [1.54, 1.807) is 25.2 Å². The smallest absolute Gasteiger partial charge is 0.221 e. The van der Waals surface area contributed by atoms with Crippen LogP contribution in [-0.2, 0) is 17.8 Å². The molecule has 1 aliphatic heterocycles. The molecule has 0 spiro atoms. The lowest BCUT2D eigenvalue weighted by molar-refractivity contribution is -0.121. The van der Waals surface area contributed by atoms with Gasteiger partial charge in [0, 0.05) is 24.0 Å². The van der Waals surface area contributed by atoms with Crippen LogP contribution in [0.15, 0.2) is 43.0 Å². The Kier molecular flexibility index (Phi) is 6.27. The van der Waals surface area contributed by atoms with E-state index in [1.807, 2.05) is 30.3 Å². The Balaban J connectivity index is 1.42. The average Bonchev–Trinajstić information content (AvgIpc) is 3.45. The standard InChI is InChI=1S/C22H23ClN4O4/c1-29-16-3-4-20(30-2)18(10-16)14-7-15-8-17(31-22(15)19(23)9-14)11-25-21(28)5-6-27-13-24-12-26-27/h3-4,7,9-10,12-13,17H,5-6,8,11H2,1-2H3,(H,25,28). The van der Waals surface area contributed by atoms with Crippen LogP contribution in [-0.4, -0.2) is 47.5 Å². The SMILES string of the molecule is COc1ccc(OC)c(-c2cc(Cl)c3c(c2)CC(CNC(=O)CCn2cncn2)O3)c1. The van der Waals surface area contributed by atoms with Crippen LogP contribution in [0.25, 0.3) is 11.1 Å². The third kappa shape index (κ3) is 4.74. The van der Waals surface area contributed by atoms with E-state index in [1.165, 1.54) is 6.33 Å². The number of rotatable bonds is 8. The van der Waals surface area contributed by atoms with Crippen molar-refractivity contribution in [3.8, 4) is 28.4 Å². The number of nitrogens with zero attached hydrogens (tertiary/aromatic N) is 3. The van der Waals surface area contributed by atoms with E-state index >= 15 is 0 Å². The summed E-state index contributed by atoms with van der Waals surface area (Å²) in [5.74, 6) is 2.05. The van der Waals surface area contributed by atoms with Crippen molar-refractivity contribution in [2.45, 2.75) is 25.5 Å². The van der Waals surface area contributed by atoms with Gasteiger partial charge in [-0.1, -0.05) is 11.6 Å². The van der Waals surface area contributed by atoms with Crippen molar-refractivity contribution >= 4 is 17.5 Å². The fourth-order valence-electron chi connectivity index (χ4n) is 3.58. The summed E-state index contributed by atoms with van der Waals surface area (Å²) < 4.78 is 18.5. The molecule has 2 heterocycles. The number of halogens is 1. The van der Waals surface area contributed by atoms with E-state index in [-0.39, 0.29) is 12.0 Å². The molecule has 1 unspecified atom stereocenters. The molecule has 0 bridgehead atoms. The summed E-state index contributed by atoms with van der Waals surface area (Å²) in [4.78, 5) is 16.0. The lowest BCUT2D eigenvalue weighted by Crippen LogP contribution is -2.34. The van der Waals surface area contributed by atoms with E-state index in [0.717, 1.165) is 28.2 Å². The monoisotopic (exact) mass is 442 g/mol. The molecule has 8 nitrogen and oxygen atoms in total. The highest BCUT2D eigenvalue weighted by atomic mass is 35.5. The van der Waals surface area contributed by atoms with Gasteiger partial charge in [0.25, 0.3) is 0 Å². The summed E-state index contributed by atoms with van der Waals surface area (Å²) in [7, 11) is 3.25. The van der Waals surface area contributed by atoms with Crippen LogP contribution in [0.2, 0.25) is 5.02 Å². The van der Waals surface area contributed by atoms with Gasteiger partial charge in [-0.15, -0.1) is 0 Å². The van der Waals surface area contributed by atoms with E-state index in [4.69, 9.17) is 25.8 Å². The fraction of sp³-hybridized carbons (Fsp3) is 0.318. The van der Waals surface area contributed by atoms with E-state index < -0.39 is 0 Å². The summed E-state index contributed by atoms with van der Waals surface area (Å²) in [6, 6.07) is 9.53. The third-order valence-corrected chi connectivity index (χ3v) is 5.41. The molecule has 1 N–H and O–H groups in total. The van der Waals surface area contributed by atoms with Gasteiger partial charge in [-0.05, 0) is 35.9 Å². The van der Waals surface area contributed by atoms with Crippen LogP contribution >= 0.6 is 11.6 Å². The third-order valence-electron chi connectivity index (χ3n) is 5.13. The van der Waals surface area contributed by atoms with Crippen LogP contribution in [0, 0.1) is 0 Å². The molecule has 2 aromatic carbocycles. The van der Waals surface area contributed by atoms with Crippen LogP contribution in [0.5, 0.6) is 17.2 Å². The van der Waals surface area contributed by atoms with E-state index in [9.17, 15) is 4.79 Å². The second-order valence-electron chi connectivity index (χ2n) is 7.17. The highest BCUT2D eigenvalue weighted by Gasteiger charge is 2.27. The molecule has 1 amide bonds. The number of carbonyl (C=O) groups is 1. The second kappa shape index (κ2) is 9.26. The van der Waals surface area contributed by atoms with Gasteiger partial charge in [0.05, 0.1) is 32.3 Å². The first-order valence-electron chi connectivity index (χ1n) is 9.88. The maximum Gasteiger partial charge on any atom is 0.221 e. The first-order chi connectivity index (χ1) is 15.1. The number of carbonyl (C=O) groups excluding carboxylic acids is 1. The Bertz CT molecular complexity index is 1070. The Morgan fingerprint density at radius 3 is 2.90 bits per heavy atom. The zero-order chi connectivity index (χ0) is 21.8. The summed E-state index contributed by atoms with van der Waals surface area (Å²) >= 11 is 6.53. The quantitative estimate of drug-likeness (QED) is 0.576. The zero-order valence-corrected chi connectivity index (χ0v) is 18.1. The molecule has 0 radical (unpaired) electrons. The van der Waals surface area contributed by atoms with Crippen LogP contribution < -0.4 is 19.5 Å². The summed E-state index contributed by atoms with van der Waals surface area (Å²) in [5.41, 5.74) is 2.80. The summed E-state index contributed by atoms with van der Waals surface area (Å²) in [6.45, 7) is 0.883. The predicted octanol–water partition coefficient (Wildman–Crippen LogP) is 3.13. The molecule has 31 heavy (non-hydrogen) atoms. The highest BCUT2D eigenvalue weighted by Crippen LogP contribution is 2.42. The largest absolute Gasteiger partial charge is 0.497 e. The first kappa shape index (κ1) is 21.0.